The van der Waals surface area contributed by atoms with E-state index < -0.39 is 0 Å². The van der Waals surface area contributed by atoms with Gasteiger partial charge in [0.2, 0.25) is 5.91 Å². The molecule has 0 radical (unpaired) electrons. The largest absolute Gasteiger partial charge is 0.342 e. The Morgan fingerprint density at radius 3 is 2.77 bits per heavy atom. The number of hydrogen-bond donors (Lipinski definition) is 0. The van der Waals surface area contributed by atoms with Crippen LogP contribution in [-0.2, 0) is 11.3 Å². The minimum atomic E-state index is 0.0736. The molecule has 26 heavy (non-hydrogen) atoms. The Bertz CT molecular complexity index is 669. The van der Waals surface area contributed by atoms with E-state index >= 15 is 0 Å². The molecule has 6 nitrogen and oxygen atoms in total. The fraction of sp³-hybridized carbons (Fsp3) is 0.750. The maximum atomic E-state index is 13.1. The predicted octanol–water partition coefficient (Wildman–Crippen LogP) is 2.86. The second-order valence-electron chi connectivity index (χ2n) is 7.98. The van der Waals surface area contributed by atoms with Crippen LogP contribution < -0.4 is 0 Å². The van der Waals surface area contributed by atoms with Gasteiger partial charge in [-0.25, -0.2) is 0 Å². The molecule has 2 saturated heterocycles. The van der Waals surface area contributed by atoms with E-state index in [-0.39, 0.29) is 17.2 Å². The van der Waals surface area contributed by atoms with Gasteiger partial charge in [0.1, 0.15) is 0 Å². The molecule has 0 N–H and O–H groups in total. The van der Waals surface area contributed by atoms with Gasteiger partial charge in [0, 0.05) is 50.8 Å². The van der Waals surface area contributed by atoms with Crippen LogP contribution in [0.3, 0.4) is 0 Å². The van der Waals surface area contributed by atoms with Crippen LogP contribution in [0, 0.1) is 12.3 Å². The molecular formula is C20H32N4O2. The fourth-order valence-electron chi connectivity index (χ4n) is 4.43. The first-order valence-corrected chi connectivity index (χ1v) is 10.1. The molecule has 2 aliphatic rings. The fourth-order valence-corrected chi connectivity index (χ4v) is 4.43. The van der Waals surface area contributed by atoms with E-state index in [4.69, 9.17) is 0 Å². The lowest BCUT2D eigenvalue weighted by Crippen LogP contribution is -2.55. The molecule has 1 aromatic rings. The Balaban J connectivity index is 1.72. The standard InChI is InChI=1S/C20H32N4O2/c1-4-6-11-22-14-20(10-8-18(22)25)9-7-12-23(15-20)19(26)17-13-24(5-2)21-16(17)3/h13H,4-12,14-15H2,1-3H3/t20-/m1/s1. The summed E-state index contributed by atoms with van der Waals surface area (Å²) in [6, 6.07) is 0. The van der Waals surface area contributed by atoms with Crippen LogP contribution in [0.15, 0.2) is 6.20 Å². The lowest BCUT2D eigenvalue weighted by molar-refractivity contribution is -0.139. The summed E-state index contributed by atoms with van der Waals surface area (Å²) in [5.41, 5.74) is 1.60. The molecule has 0 bridgehead atoms. The zero-order valence-corrected chi connectivity index (χ0v) is 16.5. The van der Waals surface area contributed by atoms with Gasteiger partial charge in [-0.3, -0.25) is 14.3 Å². The Kier molecular flexibility index (Phi) is 5.68. The Morgan fingerprint density at radius 2 is 2.08 bits per heavy atom. The summed E-state index contributed by atoms with van der Waals surface area (Å²) >= 11 is 0. The predicted molar refractivity (Wildman–Crippen MR) is 101 cm³/mol. The summed E-state index contributed by atoms with van der Waals surface area (Å²) in [5.74, 6) is 0.380. The Hall–Kier alpha value is -1.85. The first-order valence-electron chi connectivity index (χ1n) is 10.1. The van der Waals surface area contributed by atoms with Gasteiger partial charge in [0.15, 0.2) is 0 Å². The minimum Gasteiger partial charge on any atom is -0.342 e. The van der Waals surface area contributed by atoms with Gasteiger partial charge in [0.05, 0.1) is 11.3 Å². The number of likely N-dealkylation sites (tertiary alicyclic amines) is 2. The van der Waals surface area contributed by atoms with E-state index in [1.54, 1.807) is 0 Å². The molecule has 3 rings (SSSR count). The lowest BCUT2D eigenvalue weighted by Gasteiger charge is -2.48. The number of amides is 2. The summed E-state index contributed by atoms with van der Waals surface area (Å²) in [4.78, 5) is 29.4. The highest BCUT2D eigenvalue weighted by Crippen LogP contribution is 2.39. The quantitative estimate of drug-likeness (QED) is 0.811. The number of unbranched alkanes of at least 4 members (excludes halogenated alkanes) is 1. The van der Waals surface area contributed by atoms with Gasteiger partial charge in [-0.1, -0.05) is 13.3 Å². The third-order valence-corrected chi connectivity index (χ3v) is 5.98. The van der Waals surface area contributed by atoms with E-state index in [9.17, 15) is 9.59 Å². The molecular weight excluding hydrogens is 328 g/mol. The van der Waals surface area contributed by atoms with E-state index in [0.29, 0.717) is 6.42 Å². The third-order valence-electron chi connectivity index (χ3n) is 5.98. The van der Waals surface area contributed by atoms with Crippen molar-refractivity contribution in [2.45, 2.75) is 65.8 Å². The van der Waals surface area contributed by atoms with Crippen molar-refractivity contribution in [3.8, 4) is 0 Å². The van der Waals surface area contributed by atoms with Gasteiger partial charge in [-0.05, 0) is 39.5 Å². The van der Waals surface area contributed by atoms with Gasteiger partial charge < -0.3 is 9.80 Å². The minimum absolute atomic E-state index is 0.0736. The summed E-state index contributed by atoms with van der Waals surface area (Å²) in [6.07, 6.45) is 7.69. The Morgan fingerprint density at radius 1 is 1.27 bits per heavy atom. The SMILES string of the molecule is CCCCN1C[C@@]2(CCCN(C(=O)c3cn(CC)nc3C)C2)CCC1=O. The Labute approximate surface area is 156 Å². The first kappa shape index (κ1) is 18.9. The van der Waals surface area contributed by atoms with Crippen molar-refractivity contribution in [1.29, 1.82) is 0 Å². The average Bonchev–Trinajstić information content (AvgIpc) is 3.03. The van der Waals surface area contributed by atoms with E-state index in [2.05, 4.69) is 12.0 Å². The summed E-state index contributed by atoms with van der Waals surface area (Å²) in [7, 11) is 0. The van der Waals surface area contributed by atoms with Crippen molar-refractivity contribution in [1.82, 2.24) is 19.6 Å². The van der Waals surface area contributed by atoms with Crippen LogP contribution in [0.4, 0.5) is 0 Å². The van der Waals surface area contributed by atoms with Crippen molar-refractivity contribution in [3.63, 3.8) is 0 Å². The second kappa shape index (κ2) is 7.80. The molecule has 0 aliphatic carbocycles. The molecule has 2 aliphatic heterocycles. The van der Waals surface area contributed by atoms with E-state index in [1.165, 1.54) is 0 Å². The summed E-state index contributed by atoms with van der Waals surface area (Å²) in [5, 5.41) is 4.42. The van der Waals surface area contributed by atoms with Crippen LogP contribution in [-0.4, -0.2) is 57.6 Å². The van der Waals surface area contributed by atoms with Crippen LogP contribution in [0.5, 0.6) is 0 Å². The van der Waals surface area contributed by atoms with Crippen LogP contribution in [0.25, 0.3) is 0 Å². The molecule has 0 unspecified atom stereocenters. The monoisotopic (exact) mass is 360 g/mol. The van der Waals surface area contributed by atoms with Gasteiger partial charge in [0.25, 0.3) is 5.91 Å². The molecule has 0 saturated carbocycles. The summed E-state index contributed by atoms with van der Waals surface area (Å²) in [6.45, 7) is 10.1. The molecule has 144 valence electrons. The topological polar surface area (TPSA) is 58.4 Å². The molecule has 3 heterocycles. The number of carbonyl (C=O) groups excluding carboxylic acids is 2. The van der Waals surface area contributed by atoms with E-state index in [1.807, 2.05) is 34.5 Å². The van der Waals surface area contributed by atoms with Gasteiger partial charge >= 0.3 is 0 Å². The molecule has 2 amide bonds. The van der Waals surface area contributed by atoms with Crippen molar-refractivity contribution in [2.24, 2.45) is 5.41 Å². The van der Waals surface area contributed by atoms with Crippen molar-refractivity contribution in [2.75, 3.05) is 26.2 Å². The number of piperidine rings is 2. The molecule has 2 fully saturated rings. The zero-order chi connectivity index (χ0) is 18.7. The van der Waals surface area contributed by atoms with Crippen LogP contribution in [0.2, 0.25) is 0 Å². The molecule has 6 heteroatoms. The highest BCUT2D eigenvalue weighted by Gasteiger charge is 2.42. The first-order chi connectivity index (χ1) is 12.5. The molecule has 1 aromatic heterocycles. The number of rotatable bonds is 5. The molecule has 1 atom stereocenters. The number of nitrogens with zero attached hydrogens (tertiary/aromatic N) is 4. The van der Waals surface area contributed by atoms with Crippen molar-refractivity contribution in [3.05, 3.63) is 17.5 Å². The number of carbonyl (C=O) groups is 2. The number of aromatic nitrogens is 2. The van der Waals surface area contributed by atoms with Crippen molar-refractivity contribution < 1.29 is 9.59 Å². The number of aryl methyl sites for hydroxylation is 2. The maximum absolute atomic E-state index is 13.1. The van der Waals surface area contributed by atoms with E-state index in [0.717, 1.165) is 76.1 Å². The van der Waals surface area contributed by atoms with Crippen LogP contribution in [0.1, 0.15) is 68.4 Å². The molecule has 1 spiro atoms. The van der Waals surface area contributed by atoms with Crippen LogP contribution >= 0.6 is 0 Å². The highest BCUT2D eigenvalue weighted by molar-refractivity contribution is 5.95. The lowest BCUT2D eigenvalue weighted by atomic mass is 9.73. The normalized spacial score (nSPS) is 23.7. The zero-order valence-electron chi connectivity index (χ0n) is 16.5. The third kappa shape index (κ3) is 3.79. The van der Waals surface area contributed by atoms with Gasteiger partial charge in [-0.2, -0.15) is 5.10 Å². The smallest absolute Gasteiger partial charge is 0.257 e. The maximum Gasteiger partial charge on any atom is 0.257 e. The van der Waals surface area contributed by atoms with Crippen molar-refractivity contribution >= 4 is 11.8 Å². The highest BCUT2D eigenvalue weighted by atomic mass is 16.2. The second-order valence-corrected chi connectivity index (χ2v) is 7.98. The summed E-state index contributed by atoms with van der Waals surface area (Å²) < 4.78 is 1.83. The average molecular weight is 361 g/mol. The van der Waals surface area contributed by atoms with Gasteiger partial charge in [-0.15, -0.1) is 0 Å². The molecule has 0 aromatic carbocycles. The number of hydrogen-bond acceptors (Lipinski definition) is 3.